The molecule has 0 N–H and O–H groups in total. The highest BCUT2D eigenvalue weighted by Crippen LogP contribution is 2.40. The van der Waals surface area contributed by atoms with Gasteiger partial charge >= 0.3 is 0 Å². The molecule has 182 valence electrons. The Hall–Kier alpha value is -2.62. The van der Waals surface area contributed by atoms with Crippen molar-refractivity contribution in [3.8, 4) is 0 Å². The van der Waals surface area contributed by atoms with Crippen molar-refractivity contribution in [2.45, 2.75) is 105 Å². The molecular formula is C30H38O4. The van der Waals surface area contributed by atoms with Gasteiger partial charge in [0.05, 0.1) is 5.39 Å². The molecule has 0 unspecified atom stereocenters. The zero-order valence-electron chi connectivity index (χ0n) is 21.3. The highest BCUT2D eigenvalue weighted by atomic mass is 17.0. The first-order valence-electron chi connectivity index (χ1n) is 13.4. The van der Waals surface area contributed by atoms with E-state index in [1.807, 2.05) is 0 Å². The van der Waals surface area contributed by atoms with Gasteiger partial charge in [-0.3, -0.25) is 18.7 Å². The Morgan fingerprint density at radius 2 is 1.18 bits per heavy atom. The summed E-state index contributed by atoms with van der Waals surface area (Å²) in [6.45, 7) is 8.72. The Bertz CT molecular complexity index is 1290. The minimum absolute atomic E-state index is 0.0158. The third-order valence-electron chi connectivity index (χ3n) is 7.22. The molecule has 0 radical (unpaired) electrons. The highest BCUT2D eigenvalue weighted by Gasteiger charge is 2.35. The van der Waals surface area contributed by atoms with Crippen LogP contribution in [-0.4, -0.2) is 5.78 Å². The number of rotatable bonds is 14. The highest BCUT2D eigenvalue weighted by molar-refractivity contribution is 6.28. The van der Waals surface area contributed by atoms with E-state index in [9.17, 15) is 9.59 Å². The van der Waals surface area contributed by atoms with Crippen LogP contribution in [-0.2, 0) is 25.7 Å². The Balaban J connectivity index is 1.92. The van der Waals surface area contributed by atoms with Crippen LogP contribution in [0.5, 0.6) is 0 Å². The fourth-order valence-electron chi connectivity index (χ4n) is 5.16. The molecular weight excluding hydrogens is 424 g/mol. The van der Waals surface area contributed by atoms with Crippen LogP contribution >= 0.6 is 0 Å². The number of ketones is 1. The van der Waals surface area contributed by atoms with Crippen molar-refractivity contribution < 1.29 is 13.9 Å². The summed E-state index contributed by atoms with van der Waals surface area (Å²) < 4.78 is 10.5. The van der Waals surface area contributed by atoms with E-state index < -0.39 is 0 Å². The Morgan fingerprint density at radius 3 is 1.76 bits per heavy atom. The zero-order valence-corrected chi connectivity index (χ0v) is 21.3. The number of hydrogen-bond acceptors (Lipinski definition) is 4. The fraction of sp³-hybridized carbons (Fsp3) is 0.533. The Labute approximate surface area is 202 Å². The first kappa shape index (κ1) is 24.5. The van der Waals surface area contributed by atoms with Crippen LogP contribution in [0.2, 0.25) is 0 Å². The normalized spacial score (nSPS) is 12.0. The van der Waals surface area contributed by atoms with E-state index in [1.54, 1.807) is 0 Å². The molecule has 0 atom stereocenters. The zero-order chi connectivity index (χ0) is 24.2. The van der Waals surface area contributed by atoms with Crippen LogP contribution in [0.1, 0.15) is 117 Å². The number of carbonyl (C=O) groups is 1. The largest absolute Gasteiger partial charge is 0.289 e. The number of fused-ring (bicyclic) bond motifs is 3. The lowest BCUT2D eigenvalue weighted by Crippen LogP contribution is -2.15. The molecule has 0 aliphatic carbocycles. The van der Waals surface area contributed by atoms with Crippen LogP contribution in [0.15, 0.2) is 26.1 Å². The molecule has 0 saturated heterocycles. The van der Waals surface area contributed by atoms with Crippen LogP contribution in [0.4, 0.5) is 0 Å². The van der Waals surface area contributed by atoms with E-state index in [4.69, 9.17) is 9.15 Å². The topological polar surface area (TPSA) is 60.4 Å². The van der Waals surface area contributed by atoms with Crippen molar-refractivity contribution in [2.24, 2.45) is 0 Å². The van der Waals surface area contributed by atoms with Crippen molar-refractivity contribution in [1.29, 1.82) is 0 Å². The second kappa shape index (κ2) is 10.8. The van der Waals surface area contributed by atoms with Gasteiger partial charge < -0.3 is 0 Å². The number of aryl methyl sites for hydroxylation is 3. The van der Waals surface area contributed by atoms with Gasteiger partial charge in [-0.2, -0.15) is 0 Å². The standard InChI is InChI=1S/C30H38O4/c1-5-9-13-19-17-18-20(14-10-6-2)23(21(19)15-11-7-3)27(31)24-22(16-12-8-4)29-30(34-33-29)26-25(24)28(26)32/h17-18H,5-16H2,1-4H3. The lowest BCUT2D eigenvalue weighted by Gasteiger charge is -2.20. The third-order valence-corrected chi connectivity index (χ3v) is 7.22. The van der Waals surface area contributed by atoms with E-state index >= 15 is 0 Å². The number of hydrogen-bond donors (Lipinski definition) is 0. The van der Waals surface area contributed by atoms with Gasteiger partial charge in [0.1, 0.15) is 0 Å². The van der Waals surface area contributed by atoms with Crippen molar-refractivity contribution in [2.75, 3.05) is 0 Å². The molecule has 0 amide bonds. The quantitative estimate of drug-likeness (QED) is 0.141. The molecule has 1 aromatic heterocycles. The van der Waals surface area contributed by atoms with Crippen molar-refractivity contribution in [3.05, 3.63) is 55.7 Å². The summed E-state index contributed by atoms with van der Waals surface area (Å²) in [5.74, 6) is 0.0158. The first-order valence-corrected chi connectivity index (χ1v) is 13.4. The summed E-state index contributed by atoms with van der Waals surface area (Å²) in [5.41, 5.74) is 7.01. The molecule has 3 aromatic carbocycles. The molecule has 0 aliphatic rings. The Kier molecular flexibility index (Phi) is 7.75. The summed E-state index contributed by atoms with van der Waals surface area (Å²) in [7, 11) is 0. The van der Waals surface area contributed by atoms with Crippen molar-refractivity contribution in [1.82, 2.24) is 0 Å². The summed E-state index contributed by atoms with van der Waals surface area (Å²) in [5, 5.41) is 1.12. The van der Waals surface area contributed by atoms with E-state index in [-0.39, 0.29) is 11.2 Å². The predicted molar refractivity (Wildman–Crippen MR) is 139 cm³/mol. The summed E-state index contributed by atoms with van der Waals surface area (Å²) in [4.78, 5) is 27.2. The number of benzene rings is 2. The lowest BCUT2D eigenvalue weighted by atomic mass is 9.83. The van der Waals surface area contributed by atoms with Gasteiger partial charge in [-0.1, -0.05) is 65.5 Å². The minimum Gasteiger partial charge on any atom is -0.289 e. The second-order valence-corrected chi connectivity index (χ2v) is 9.74. The molecule has 4 rings (SSSR count). The minimum atomic E-state index is -0.0574. The van der Waals surface area contributed by atoms with Crippen molar-refractivity contribution in [3.63, 3.8) is 0 Å². The third kappa shape index (κ3) is 4.39. The summed E-state index contributed by atoms with van der Waals surface area (Å²) in [6, 6.07) is 4.43. The van der Waals surface area contributed by atoms with Gasteiger partial charge in [0.25, 0.3) is 0 Å². The maximum Gasteiger partial charge on any atom is 0.237 e. The average molecular weight is 463 g/mol. The number of carbonyl (C=O) groups excluding carboxylic acids is 1. The summed E-state index contributed by atoms with van der Waals surface area (Å²) in [6.07, 6.45) is 11.9. The van der Waals surface area contributed by atoms with Crippen molar-refractivity contribution >= 4 is 27.7 Å². The van der Waals surface area contributed by atoms with E-state index in [1.165, 1.54) is 11.1 Å². The average Bonchev–Trinajstić information content (AvgIpc) is 3.46. The van der Waals surface area contributed by atoms with Gasteiger partial charge in [0, 0.05) is 22.1 Å². The van der Waals surface area contributed by atoms with E-state index in [0.717, 1.165) is 87.3 Å². The van der Waals surface area contributed by atoms with E-state index in [0.29, 0.717) is 33.9 Å². The fourth-order valence-corrected chi connectivity index (χ4v) is 5.16. The molecule has 4 heteroatoms. The van der Waals surface area contributed by atoms with Crippen LogP contribution < -0.4 is 5.43 Å². The molecule has 0 spiro atoms. The molecule has 4 nitrogen and oxygen atoms in total. The molecule has 0 aliphatic heterocycles. The molecule has 0 fully saturated rings. The SMILES string of the molecule is CCCCc1ccc(CCCC)c(C(=O)c2c(CCCC)c3ooc3c3c(=O)c23)c1CCCC. The second-order valence-electron chi connectivity index (χ2n) is 9.74. The molecule has 34 heavy (non-hydrogen) atoms. The van der Waals surface area contributed by atoms with Gasteiger partial charge in [-0.15, -0.1) is 0 Å². The lowest BCUT2D eigenvalue weighted by molar-refractivity contribution is 0.0595. The predicted octanol–water partition coefficient (Wildman–Crippen LogP) is 8.02. The van der Waals surface area contributed by atoms with Gasteiger partial charge in [-0.25, -0.2) is 0 Å². The molecule has 0 saturated carbocycles. The van der Waals surface area contributed by atoms with Gasteiger partial charge in [-0.05, 0) is 68.1 Å². The summed E-state index contributed by atoms with van der Waals surface area (Å²) >= 11 is 0. The first-order chi connectivity index (χ1) is 16.6. The van der Waals surface area contributed by atoms with Gasteiger partial charge in [0.15, 0.2) is 11.2 Å². The van der Waals surface area contributed by atoms with Crippen LogP contribution in [0, 0.1) is 0 Å². The van der Waals surface area contributed by atoms with Crippen LogP contribution in [0.3, 0.4) is 0 Å². The number of unbranched alkanes of at least 4 members (excludes halogenated alkanes) is 4. The molecule has 1 heterocycles. The maximum atomic E-state index is 14.5. The smallest absolute Gasteiger partial charge is 0.237 e. The monoisotopic (exact) mass is 462 g/mol. The Morgan fingerprint density at radius 1 is 0.647 bits per heavy atom. The molecule has 0 bridgehead atoms. The van der Waals surface area contributed by atoms with E-state index in [2.05, 4.69) is 39.8 Å². The van der Waals surface area contributed by atoms with Gasteiger partial charge in [0.2, 0.25) is 11.2 Å². The molecule has 4 aromatic rings. The van der Waals surface area contributed by atoms with Crippen LogP contribution in [0.25, 0.3) is 21.9 Å². The maximum absolute atomic E-state index is 14.5.